The van der Waals surface area contributed by atoms with Gasteiger partial charge in [0.05, 0.1) is 5.56 Å². The van der Waals surface area contributed by atoms with Crippen molar-refractivity contribution in [2.24, 2.45) is 0 Å². The van der Waals surface area contributed by atoms with E-state index in [1.165, 1.54) is 5.56 Å². The lowest BCUT2D eigenvalue weighted by Crippen LogP contribution is -1.91. The molecule has 0 atom stereocenters. The summed E-state index contributed by atoms with van der Waals surface area (Å²) in [5, 5.41) is 0. The summed E-state index contributed by atoms with van der Waals surface area (Å²) in [6.07, 6.45) is 2.99. The number of ether oxygens (including phenoxy) is 1. The number of aldehydes is 1. The van der Waals surface area contributed by atoms with Crippen molar-refractivity contribution in [2.45, 2.75) is 19.8 Å². The first-order valence-electron chi connectivity index (χ1n) is 6.24. The second kappa shape index (κ2) is 6.53. The van der Waals surface area contributed by atoms with Crippen LogP contribution in [0.5, 0.6) is 11.5 Å². The topological polar surface area (TPSA) is 26.3 Å². The van der Waals surface area contributed by atoms with Crippen LogP contribution in [0.2, 0.25) is 0 Å². The van der Waals surface area contributed by atoms with E-state index in [9.17, 15) is 4.79 Å². The number of hydrogen-bond acceptors (Lipinski definition) is 2. The van der Waals surface area contributed by atoms with Crippen LogP contribution < -0.4 is 4.74 Å². The molecule has 2 aromatic rings. The van der Waals surface area contributed by atoms with Crippen LogP contribution in [0.4, 0.5) is 0 Å². The summed E-state index contributed by atoms with van der Waals surface area (Å²) in [7, 11) is 0. The average molecular weight is 319 g/mol. The first-order valence-corrected chi connectivity index (χ1v) is 7.03. The Kier molecular flexibility index (Phi) is 4.74. The molecule has 0 radical (unpaired) electrons. The fourth-order valence-electron chi connectivity index (χ4n) is 1.84. The molecule has 98 valence electrons. The van der Waals surface area contributed by atoms with E-state index < -0.39 is 0 Å². The van der Waals surface area contributed by atoms with Crippen LogP contribution in [0.1, 0.15) is 29.3 Å². The molecule has 3 heteroatoms. The zero-order chi connectivity index (χ0) is 13.7. The standard InChI is InChI=1S/C16H15BrO2/c1-2-3-12-4-7-15(8-5-12)19-16-9-6-14(17)10-13(16)11-18/h4-11H,2-3H2,1H3. The van der Waals surface area contributed by atoms with Gasteiger partial charge in [0.2, 0.25) is 0 Å². The number of halogens is 1. The van der Waals surface area contributed by atoms with Crippen LogP contribution in [0, 0.1) is 0 Å². The van der Waals surface area contributed by atoms with Gasteiger partial charge in [-0.15, -0.1) is 0 Å². The van der Waals surface area contributed by atoms with Crippen LogP contribution in [-0.2, 0) is 6.42 Å². The Morgan fingerprint density at radius 1 is 1.16 bits per heavy atom. The highest BCUT2D eigenvalue weighted by Crippen LogP contribution is 2.27. The second-order valence-corrected chi connectivity index (χ2v) is 5.21. The van der Waals surface area contributed by atoms with Gasteiger partial charge in [0.15, 0.2) is 6.29 Å². The lowest BCUT2D eigenvalue weighted by atomic mass is 10.1. The van der Waals surface area contributed by atoms with Gasteiger partial charge in [-0.3, -0.25) is 4.79 Å². The lowest BCUT2D eigenvalue weighted by molar-refractivity contribution is 0.112. The zero-order valence-electron chi connectivity index (χ0n) is 10.7. The van der Waals surface area contributed by atoms with E-state index in [0.717, 1.165) is 29.4 Å². The zero-order valence-corrected chi connectivity index (χ0v) is 12.3. The smallest absolute Gasteiger partial charge is 0.153 e. The molecule has 0 aromatic heterocycles. The minimum atomic E-state index is 0.534. The largest absolute Gasteiger partial charge is 0.457 e. The molecule has 0 N–H and O–H groups in total. The highest BCUT2D eigenvalue weighted by molar-refractivity contribution is 9.10. The summed E-state index contributed by atoms with van der Waals surface area (Å²) in [5.41, 5.74) is 1.83. The molecule has 2 nitrogen and oxygen atoms in total. The maximum Gasteiger partial charge on any atom is 0.153 e. The predicted molar refractivity (Wildman–Crippen MR) is 80.0 cm³/mol. The summed E-state index contributed by atoms with van der Waals surface area (Å²) >= 11 is 3.33. The summed E-state index contributed by atoms with van der Waals surface area (Å²) < 4.78 is 6.60. The third-order valence-corrected chi connectivity index (χ3v) is 3.28. The van der Waals surface area contributed by atoms with Crippen molar-refractivity contribution < 1.29 is 9.53 Å². The Balaban J connectivity index is 2.18. The van der Waals surface area contributed by atoms with Crippen molar-refractivity contribution in [1.29, 1.82) is 0 Å². The highest BCUT2D eigenvalue weighted by Gasteiger charge is 2.05. The number of carbonyl (C=O) groups excluding carboxylic acids is 1. The fourth-order valence-corrected chi connectivity index (χ4v) is 2.22. The van der Waals surface area contributed by atoms with Gasteiger partial charge >= 0.3 is 0 Å². The molecule has 0 aliphatic carbocycles. The minimum absolute atomic E-state index is 0.534. The molecule has 0 fully saturated rings. The Morgan fingerprint density at radius 3 is 2.53 bits per heavy atom. The molecule has 0 saturated heterocycles. The van der Waals surface area contributed by atoms with Gasteiger partial charge in [0, 0.05) is 4.47 Å². The van der Waals surface area contributed by atoms with Crippen molar-refractivity contribution in [2.75, 3.05) is 0 Å². The van der Waals surface area contributed by atoms with E-state index >= 15 is 0 Å². The number of rotatable bonds is 5. The average Bonchev–Trinajstić information content (AvgIpc) is 2.43. The molecule has 2 rings (SSSR count). The Labute approximate surface area is 121 Å². The number of aryl methyl sites for hydroxylation is 1. The molecule has 0 saturated carbocycles. The molecule has 0 bridgehead atoms. The van der Waals surface area contributed by atoms with E-state index in [-0.39, 0.29) is 0 Å². The van der Waals surface area contributed by atoms with Crippen LogP contribution in [0.15, 0.2) is 46.9 Å². The van der Waals surface area contributed by atoms with Crippen molar-refractivity contribution >= 4 is 22.2 Å². The molecule has 0 spiro atoms. The molecule has 0 aliphatic rings. The first-order chi connectivity index (χ1) is 9.22. The van der Waals surface area contributed by atoms with Crippen molar-refractivity contribution in [1.82, 2.24) is 0 Å². The molecule has 2 aromatic carbocycles. The fraction of sp³-hybridized carbons (Fsp3) is 0.188. The Bertz CT molecular complexity index is 561. The van der Waals surface area contributed by atoms with Crippen molar-refractivity contribution in [3.63, 3.8) is 0 Å². The van der Waals surface area contributed by atoms with E-state index in [1.54, 1.807) is 12.1 Å². The van der Waals surface area contributed by atoms with Crippen molar-refractivity contribution in [3.8, 4) is 11.5 Å². The summed E-state index contributed by atoms with van der Waals surface area (Å²) in [6.45, 7) is 2.16. The molecule has 0 amide bonds. The van der Waals surface area contributed by atoms with E-state index in [4.69, 9.17) is 4.74 Å². The Morgan fingerprint density at radius 2 is 1.89 bits per heavy atom. The first kappa shape index (κ1) is 13.8. The Hall–Kier alpha value is -1.61. The van der Waals surface area contributed by atoms with Gasteiger partial charge < -0.3 is 4.74 Å². The molecule has 0 aliphatic heterocycles. The second-order valence-electron chi connectivity index (χ2n) is 4.30. The lowest BCUT2D eigenvalue weighted by Gasteiger charge is -2.09. The number of carbonyl (C=O) groups is 1. The molecule has 0 unspecified atom stereocenters. The van der Waals surface area contributed by atoms with Gasteiger partial charge in [-0.05, 0) is 42.3 Å². The molecular formula is C16H15BrO2. The van der Waals surface area contributed by atoms with Gasteiger partial charge in [0.25, 0.3) is 0 Å². The molecule has 0 heterocycles. The van der Waals surface area contributed by atoms with Gasteiger partial charge in [-0.25, -0.2) is 0 Å². The van der Waals surface area contributed by atoms with Gasteiger partial charge in [0.1, 0.15) is 11.5 Å². The molecule has 19 heavy (non-hydrogen) atoms. The van der Waals surface area contributed by atoms with Crippen LogP contribution in [-0.4, -0.2) is 6.29 Å². The molecular weight excluding hydrogens is 304 g/mol. The summed E-state index contributed by atoms with van der Waals surface area (Å²) in [5.74, 6) is 1.31. The monoisotopic (exact) mass is 318 g/mol. The summed E-state index contributed by atoms with van der Waals surface area (Å²) in [4.78, 5) is 11.0. The quantitative estimate of drug-likeness (QED) is 0.724. The van der Waals surface area contributed by atoms with Crippen LogP contribution >= 0.6 is 15.9 Å². The van der Waals surface area contributed by atoms with Gasteiger partial charge in [-0.2, -0.15) is 0 Å². The van der Waals surface area contributed by atoms with E-state index in [1.807, 2.05) is 18.2 Å². The van der Waals surface area contributed by atoms with Gasteiger partial charge in [-0.1, -0.05) is 41.4 Å². The summed E-state index contributed by atoms with van der Waals surface area (Å²) in [6, 6.07) is 13.4. The third kappa shape index (κ3) is 3.67. The highest BCUT2D eigenvalue weighted by atomic mass is 79.9. The SMILES string of the molecule is CCCc1ccc(Oc2ccc(Br)cc2C=O)cc1. The van der Waals surface area contributed by atoms with Crippen LogP contribution in [0.3, 0.4) is 0 Å². The normalized spacial score (nSPS) is 10.2. The number of hydrogen-bond donors (Lipinski definition) is 0. The van der Waals surface area contributed by atoms with E-state index in [2.05, 4.69) is 35.0 Å². The number of benzene rings is 2. The minimum Gasteiger partial charge on any atom is -0.457 e. The predicted octanol–water partition coefficient (Wildman–Crippen LogP) is 5.01. The van der Waals surface area contributed by atoms with E-state index in [0.29, 0.717) is 11.3 Å². The maximum atomic E-state index is 11.0. The van der Waals surface area contributed by atoms with Crippen molar-refractivity contribution in [3.05, 3.63) is 58.1 Å². The van der Waals surface area contributed by atoms with Crippen LogP contribution in [0.25, 0.3) is 0 Å². The third-order valence-electron chi connectivity index (χ3n) is 2.79. The maximum absolute atomic E-state index is 11.0.